The Kier molecular flexibility index (Phi) is 5.99. The van der Waals surface area contributed by atoms with Crippen LogP contribution in [0.25, 0.3) is 0 Å². The highest BCUT2D eigenvalue weighted by Gasteiger charge is 2.33. The number of rotatable bonds is 6. The SMILES string of the molecule is Cc1ccc(C(C)(C)C(=O)NCC(C(=O)O)C2CCOCC2)cc1. The van der Waals surface area contributed by atoms with Crippen molar-refractivity contribution in [2.75, 3.05) is 19.8 Å². The van der Waals surface area contributed by atoms with Crippen LogP contribution in [0.4, 0.5) is 0 Å². The summed E-state index contributed by atoms with van der Waals surface area (Å²) in [6, 6.07) is 7.85. The van der Waals surface area contributed by atoms with Gasteiger partial charge in [0, 0.05) is 19.8 Å². The van der Waals surface area contributed by atoms with Gasteiger partial charge in [0.25, 0.3) is 0 Å². The molecule has 0 aromatic heterocycles. The standard InChI is InChI=1S/C19H27NO4/c1-13-4-6-15(7-5-13)19(2,3)18(23)20-12-16(17(21)22)14-8-10-24-11-9-14/h4-7,14,16H,8-12H2,1-3H3,(H,20,23)(H,21,22). The second kappa shape index (κ2) is 7.79. The van der Waals surface area contributed by atoms with Crippen molar-refractivity contribution in [2.24, 2.45) is 11.8 Å². The minimum atomic E-state index is -0.852. The maximum absolute atomic E-state index is 12.6. The molecule has 1 aromatic rings. The van der Waals surface area contributed by atoms with Gasteiger partial charge in [-0.05, 0) is 45.1 Å². The van der Waals surface area contributed by atoms with Gasteiger partial charge in [0.15, 0.2) is 0 Å². The van der Waals surface area contributed by atoms with Gasteiger partial charge < -0.3 is 15.2 Å². The molecule has 0 spiro atoms. The molecule has 0 saturated carbocycles. The van der Waals surface area contributed by atoms with E-state index >= 15 is 0 Å². The molecule has 1 aliphatic heterocycles. The minimum absolute atomic E-state index is 0.0547. The van der Waals surface area contributed by atoms with E-state index in [1.54, 1.807) is 0 Å². The highest BCUT2D eigenvalue weighted by molar-refractivity contribution is 5.87. The Morgan fingerprint density at radius 2 is 1.83 bits per heavy atom. The molecule has 132 valence electrons. The minimum Gasteiger partial charge on any atom is -0.481 e. The van der Waals surface area contributed by atoms with Crippen molar-refractivity contribution in [1.82, 2.24) is 5.32 Å². The molecule has 24 heavy (non-hydrogen) atoms. The molecule has 0 aliphatic carbocycles. The monoisotopic (exact) mass is 333 g/mol. The summed E-state index contributed by atoms with van der Waals surface area (Å²) in [5.74, 6) is -1.51. The number of aryl methyl sites for hydroxylation is 1. The Hall–Kier alpha value is -1.88. The number of aliphatic carboxylic acids is 1. The van der Waals surface area contributed by atoms with E-state index in [0.717, 1.165) is 24.0 Å². The first-order valence-corrected chi connectivity index (χ1v) is 8.48. The fourth-order valence-corrected chi connectivity index (χ4v) is 3.10. The number of carboxylic acid groups (broad SMARTS) is 1. The normalized spacial score (nSPS) is 17.3. The first-order chi connectivity index (χ1) is 11.3. The fraction of sp³-hybridized carbons (Fsp3) is 0.579. The number of carbonyl (C=O) groups is 2. The van der Waals surface area contributed by atoms with Crippen molar-refractivity contribution in [1.29, 1.82) is 0 Å². The average molecular weight is 333 g/mol. The smallest absolute Gasteiger partial charge is 0.308 e. The van der Waals surface area contributed by atoms with E-state index in [-0.39, 0.29) is 18.4 Å². The Morgan fingerprint density at radius 3 is 2.38 bits per heavy atom. The Morgan fingerprint density at radius 1 is 1.25 bits per heavy atom. The third-order valence-electron chi connectivity index (χ3n) is 4.98. The van der Waals surface area contributed by atoms with E-state index in [1.165, 1.54) is 0 Å². The summed E-state index contributed by atoms with van der Waals surface area (Å²) in [5.41, 5.74) is 1.36. The lowest BCUT2D eigenvalue weighted by Crippen LogP contribution is -2.45. The molecule has 1 atom stereocenters. The highest BCUT2D eigenvalue weighted by Crippen LogP contribution is 2.26. The predicted molar refractivity (Wildman–Crippen MR) is 91.9 cm³/mol. The van der Waals surface area contributed by atoms with Crippen molar-refractivity contribution in [3.8, 4) is 0 Å². The molecule has 0 bridgehead atoms. The van der Waals surface area contributed by atoms with Crippen LogP contribution in [0.15, 0.2) is 24.3 Å². The summed E-state index contributed by atoms with van der Waals surface area (Å²) >= 11 is 0. The molecule has 5 nitrogen and oxygen atoms in total. The topological polar surface area (TPSA) is 75.6 Å². The maximum atomic E-state index is 12.6. The molecule has 1 amide bonds. The highest BCUT2D eigenvalue weighted by atomic mass is 16.5. The zero-order chi connectivity index (χ0) is 17.7. The quantitative estimate of drug-likeness (QED) is 0.839. The summed E-state index contributed by atoms with van der Waals surface area (Å²) < 4.78 is 5.30. The van der Waals surface area contributed by atoms with Crippen LogP contribution in [0.2, 0.25) is 0 Å². The number of benzene rings is 1. The number of hydrogen-bond donors (Lipinski definition) is 2. The molecule has 1 aliphatic rings. The fourth-order valence-electron chi connectivity index (χ4n) is 3.10. The van der Waals surface area contributed by atoms with Gasteiger partial charge in [-0.2, -0.15) is 0 Å². The zero-order valence-electron chi connectivity index (χ0n) is 14.7. The summed E-state index contributed by atoms with van der Waals surface area (Å²) in [4.78, 5) is 24.2. The van der Waals surface area contributed by atoms with E-state index in [2.05, 4.69) is 5.32 Å². The molecule has 1 saturated heterocycles. The Labute approximate surface area is 143 Å². The van der Waals surface area contributed by atoms with Gasteiger partial charge in [-0.25, -0.2) is 0 Å². The summed E-state index contributed by atoms with van der Waals surface area (Å²) in [6.45, 7) is 7.07. The first kappa shape index (κ1) is 18.5. The maximum Gasteiger partial charge on any atom is 0.308 e. The lowest BCUT2D eigenvalue weighted by atomic mass is 9.82. The summed E-state index contributed by atoms with van der Waals surface area (Å²) in [7, 11) is 0. The van der Waals surface area contributed by atoms with Gasteiger partial charge in [-0.1, -0.05) is 29.8 Å². The number of nitrogens with one attached hydrogen (secondary N) is 1. The molecule has 1 unspecified atom stereocenters. The molecular formula is C19H27NO4. The molecule has 5 heteroatoms. The molecular weight excluding hydrogens is 306 g/mol. The number of hydrogen-bond acceptors (Lipinski definition) is 3. The van der Waals surface area contributed by atoms with Crippen LogP contribution in [-0.4, -0.2) is 36.7 Å². The van der Waals surface area contributed by atoms with E-state index < -0.39 is 17.3 Å². The van der Waals surface area contributed by atoms with Crippen LogP contribution in [0.5, 0.6) is 0 Å². The lowest BCUT2D eigenvalue weighted by molar-refractivity contribution is -0.145. The molecule has 0 radical (unpaired) electrons. The second-order valence-electron chi connectivity index (χ2n) is 7.10. The van der Waals surface area contributed by atoms with Crippen molar-refractivity contribution in [3.05, 3.63) is 35.4 Å². The van der Waals surface area contributed by atoms with Crippen LogP contribution >= 0.6 is 0 Å². The van der Waals surface area contributed by atoms with Gasteiger partial charge in [0.2, 0.25) is 5.91 Å². The number of ether oxygens (including phenoxy) is 1. The van der Waals surface area contributed by atoms with E-state index in [9.17, 15) is 14.7 Å². The molecule has 1 fully saturated rings. The number of carbonyl (C=O) groups excluding carboxylic acids is 1. The second-order valence-corrected chi connectivity index (χ2v) is 7.10. The first-order valence-electron chi connectivity index (χ1n) is 8.48. The van der Waals surface area contributed by atoms with Gasteiger partial charge in [0.1, 0.15) is 0 Å². The van der Waals surface area contributed by atoms with E-state index in [1.807, 2.05) is 45.0 Å². The molecule has 2 rings (SSSR count). The van der Waals surface area contributed by atoms with Crippen molar-refractivity contribution < 1.29 is 19.4 Å². The molecule has 1 aromatic carbocycles. The van der Waals surface area contributed by atoms with Gasteiger partial charge >= 0.3 is 5.97 Å². The number of carboxylic acids is 1. The molecule has 2 N–H and O–H groups in total. The lowest BCUT2D eigenvalue weighted by Gasteiger charge is -2.29. The summed E-state index contributed by atoms with van der Waals surface area (Å²) in [5, 5.41) is 12.4. The zero-order valence-corrected chi connectivity index (χ0v) is 14.7. The van der Waals surface area contributed by atoms with E-state index in [0.29, 0.717) is 13.2 Å². The third kappa shape index (κ3) is 4.35. The average Bonchev–Trinajstić information content (AvgIpc) is 2.56. The van der Waals surface area contributed by atoms with Crippen molar-refractivity contribution in [2.45, 2.75) is 39.0 Å². The van der Waals surface area contributed by atoms with Crippen LogP contribution < -0.4 is 5.32 Å². The van der Waals surface area contributed by atoms with Gasteiger partial charge in [-0.3, -0.25) is 9.59 Å². The van der Waals surface area contributed by atoms with Crippen molar-refractivity contribution >= 4 is 11.9 Å². The van der Waals surface area contributed by atoms with E-state index in [4.69, 9.17) is 4.74 Å². The predicted octanol–water partition coefficient (Wildman–Crippen LogP) is 2.52. The van der Waals surface area contributed by atoms with Crippen molar-refractivity contribution in [3.63, 3.8) is 0 Å². The largest absolute Gasteiger partial charge is 0.481 e. The summed E-state index contributed by atoms with van der Waals surface area (Å²) in [6.07, 6.45) is 1.46. The number of amides is 1. The third-order valence-corrected chi connectivity index (χ3v) is 4.98. The van der Waals surface area contributed by atoms with Crippen LogP contribution in [0.3, 0.4) is 0 Å². The van der Waals surface area contributed by atoms with Crippen LogP contribution in [0, 0.1) is 18.8 Å². The van der Waals surface area contributed by atoms with Crippen LogP contribution in [-0.2, 0) is 19.7 Å². The Bertz CT molecular complexity index is 574. The molecule has 1 heterocycles. The Balaban J connectivity index is 2.01. The van der Waals surface area contributed by atoms with Gasteiger partial charge in [-0.15, -0.1) is 0 Å². The van der Waals surface area contributed by atoms with Gasteiger partial charge in [0.05, 0.1) is 11.3 Å². The van der Waals surface area contributed by atoms with Crippen LogP contribution in [0.1, 0.15) is 37.8 Å².